The fraction of sp³-hybridized carbons (Fsp3) is 0.250. The van der Waals surface area contributed by atoms with Gasteiger partial charge in [0.1, 0.15) is 17.9 Å². The number of ether oxygens (including phenoxy) is 1. The standard InChI is InChI=1S/C12H12Cl2N4O2/c1-7(12-15-6-16-18-12)17-11(19)5-20-10-3-2-8(13)4-9(10)14/h2-4,6-7H,5H2,1H3,(H,17,19)(H,15,16,18). The van der Waals surface area contributed by atoms with Gasteiger partial charge in [-0.15, -0.1) is 0 Å². The summed E-state index contributed by atoms with van der Waals surface area (Å²) in [5.74, 6) is 0.682. The molecule has 0 radical (unpaired) electrons. The minimum absolute atomic E-state index is 0.153. The molecule has 1 aromatic heterocycles. The van der Waals surface area contributed by atoms with Crippen LogP contribution in [-0.2, 0) is 4.79 Å². The van der Waals surface area contributed by atoms with Gasteiger partial charge < -0.3 is 10.1 Å². The maximum Gasteiger partial charge on any atom is 0.258 e. The lowest BCUT2D eigenvalue weighted by molar-refractivity contribution is -0.123. The van der Waals surface area contributed by atoms with Crippen LogP contribution in [0.2, 0.25) is 10.0 Å². The summed E-state index contributed by atoms with van der Waals surface area (Å²) in [5.41, 5.74) is 0. The van der Waals surface area contributed by atoms with Crippen molar-refractivity contribution in [2.75, 3.05) is 6.61 Å². The molecule has 20 heavy (non-hydrogen) atoms. The van der Waals surface area contributed by atoms with Crippen LogP contribution in [0.3, 0.4) is 0 Å². The number of carbonyl (C=O) groups excluding carboxylic acids is 1. The second-order valence-corrected chi connectivity index (χ2v) is 4.87. The number of H-pyrrole nitrogens is 1. The van der Waals surface area contributed by atoms with E-state index < -0.39 is 0 Å². The number of aromatic nitrogens is 3. The Hall–Kier alpha value is -1.79. The molecule has 0 saturated heterocycles. The van der Waals surface area contributed by atoms with Gasteiger partial charge in [0.05, 0.1) is 11.1 Å². The highest BCUT2D eigenvalue weighted by Crippen LogP contribution is 2.27. The van der Waals surface area contributed by atoms with Crippen molar-refractivity contribution >= 4 is 29.1 Å². The average Bonchev–Trinajstić information content (AvgIpc) is 2.91. The molecule has 0 saturated carbocycles. The fourth-order valence-electron chi connectivity index (χ4n) is 1.51. The Morgan fingerprint density at radius 2 is 2.30 bits per heavy atom. The van der Waals surface area contributed by atoms with E-state index >= 15 is 0 Å². The van der Waals surface area contributed by atoms with E-state index in [4.69, 9.17) is 27.9 Å². The average molecular weight is 315 g/mol. The first-order valence-electron chi connectivity index (χ1n) is 5.78. The topological polar surface area (TPSA) is 79.9 Å². The van der Waals surface area contributed by atoms with Crippen LogP contribution in [0.5, 0.6) is 5.75 Å². The van der Waals surface area contributed by atoms with E-state index in [2.05, 4.69) is 20.5 Å². The normalized spacial score (nSPS) is 11.9. The summed E-state index contributed by atoms with van der Waals surface area (Å²) in [5, 5.41) is 9.97. The van der Waals surface area contributed by atoms with Crippen molar-refractivity contribution in [2.24, 2.45) is 0 Å². The second kappa shape index (κ2) is 6.58. The number of benzene rings is 1. The van der Waals surface area contributed by atoms with E-state index in [1.807, 2.05) is 0 Å². The third-order valence-electron chi connectivity index (χ3n) is 2.47. The van der Waals surface area contributed by atoms with Crippen LogP contribution in [0.15, 0.2) is 24.5 Å². The van der Waals surface area contributed by atoms with Gasteiger partial charge in [-0.25, -0.2) is 4.98 Å². The molecule has 0 aliphatic rings. The van der Waals surface area contributed by atoms with Gasteiger partial charge in [0, 0.05) is 5.02 Å². The molecule has 0 spiro atoms. The number of nitrogens with zero attached hydrogens (tertiary/aromatic N) is 2. The zero-order chi connectivity index (χ0) is 14.5. The molecule has 2 N–H and O–H groups in total. The maximum atomic E-state index is 11.7. The zero-order valence-electron chi connectivity index (χ0n) is 10.6. The van der Waals surface area contributed by atoms with Crippen LogP contribution in [0.4, 0.5) is 0 Å². The van der Waals surface area contributed by atoms with Gasteiger partial charge in [-0.1, -0.05) is 23.2 Å². The first-order chi connectivity index (χ1) is 9.56. The highest BCUT2D eigenvalue weighted by Gasteiger charge is 2.13. The molecule has 1 unspecified atom stereocenters. The van der Waals surface area contributed by atoms with Gasteiger partial charge in [-0.05, 0) is 25.1 Å². The number of rotatable bonds is 5. The molecular formula is C12H12Cl2N4O2. The minimum Gasteiger partial charge on any atom is -0.482 e. The molecule has 6 nitrogen and oxygen atoms in total. The molecule has 1 aromatic carbocycles. The highest BCUT2D eigenvalue weighted by atomic mass is 35.5. The summed E-state index contributed by atoms with van der Waals surface area (Å²) in [4.78, 5) is 15.7. The van der Waals surface area contributed by atoms with Gasteiger partial charge in [-0.2, -0.15) is 5.10 Å². The number of nitrogens with one attached hydrogen (secondary N) is 2. The van der Waals surface area contributed by atoms with Crippen molar-refractivity contribution < 1.29 is 9.53 Å². The van der Waals surface area contributed by atoms with Crippen LogP contribution in [0, 0.1) is 0 Å². The second-order valence-electron chi connectivity index (χ2n) is 4.02. The van der Waals surface area contributed by atoms with Crippen molar-refractivity contribution in [2.45, 2.75) is 13.0 Å². The molecule has 0 bridgehead atoms. The highest BCUT2D eigenvalue weighted by molar-refractivity contribution is 6.35. The van der Waals surface area contributed by atoms with Crippen molar-refractivity contribution in [1.82, 2.24) is 20.5 Å². The van der Waals surface area contributed by atoms with Crippen LogP contribution >= 0.6 is 23.2 Å². The van der Waals surface area contributed by atoms with Gasteiger partial charge in [0.15, 0.2) is 6.61 Å². The molecule has 1 atom stereocenters. The number of hydrogen-bond donors (Lipinski definition) is 2. The van der Waals surface area contributed by atoms with Crippen molar-refractivity contribution in [3.63, 3.8) is 0 Å². The number of carbonyl (C=O) groups is 1. The number of aromatic amines is 1. The van der Waals surface area contributed by atoms with Crippen LogP contribution in [0.1, 0.15) is 18.8 Å². The molecule has 0 aliphatic carbocycles. The Kier molecular flexibility index (Phi) is 4.81. The Morgan fingerprint density at radius 3 is 2.95 bits per heavy atom. The summed E-state index contributed by atoms with van der Waals surface area (Å²) >= 11 is 11.7. The van der Waals surface area contributed by atoms with Crippen LogP contribution in [0.25, 0.3) is 0 Å². The summed E-state index contributed by atoms with van der Waals surface area (Å²) < 4.78 is 5.32. The van der Waals surface area contributed by atoms with Crippen LogP contribution < -0.4 is 10.1 Å². The van der Waals surface area contributed by atoms with E-state index in [9.17, 15) is 4.79 Å². The van der Waals surface area contributed by atoms with Crippen molar-refractivity contribution in [3.05, 3.63) is 40.4 Å². The molecule has 8 heteroatoms. The van der Waals surface area contributed by atoms with E-state index in [-0.39, 0.29) is 18.6 Å². The Morgan fingerprint density at radius 1 is 1.50 bits per heavy atom. The molecule has 1 heterocycles. The van der Waals surface area contributed by atoms with Gasteiger partial charge in [0.25, 0.3) is 5.91 Å². The number of amides is 1. The van der Waals surface area contributed by atoms with Gasteiger partial charge >= 0.3 is 0 Å². The Balaban J connectivity index is 1.86. The summed E-state index contributed by atoms with van der Waals surface area (Å²) in [6, 6.07) is 4.51. The Labute approximate surface area is 125 Å². The molecule has 106 valence electrons. The zero-order valence-corrected chi connectivity index (χ0v) is 12.1. The first-order valence-corrected chi connectivity index (χ1v) is 6.54. The third kappa shape index (κ3) is 3.85. The molecule has 0 fully saturated rings. The van der Waals surface area contributed by atoms with E-state index in [0.29, 0.717) is 21.6 Å². The number of halogens is 2. The molecular weight excluding hydrogens is 303 g/mol. The predicted molar refractivity (Wildman–Crippen MR) is 74.9 cm³/mol. The molecule has 1 amide bonds. The molecule has 2 rings (SSSR count). The molecule has 0 aliphatic heterocycles. The smallest absolute Gasteiger partial charge is 0.258 e. The summed E-state index contributed by atoms with van der Waals surface area (Å²) in [6.07, 6.45) is 1.38. The van der Waals surface area contributed by atoms with E-state index in [1.165, 1.54) is 6.33 Å². The lowest BCUT2D eigenvalue weighted by Gasteiger charge is -2.12. The van der Waals surface area contributed by atoms with Gasteiger partial charge in [0.2, 0.25) is 0 Å². The number of hydrogen-bond acceptors (Lipinski definition) is 4. The molecule has 2 aromatic rings. The first kappa shape index (κ1) is 14.6. The van der Waals surface area contributed by atoms with Gasteiger partial charge in [-0.3, -0.25) is 9.89 Å². The van der Waals surface area contributed by atoms with E-state index in [1.54, 1.807) is 25.1 Å². The van der Waals surface area contributed by atoms with E-state index in [0.717, 1.165) is 0 Å². The summed E-state index contributed by atoms with van der Waals surface area (Å²) in [6.45, 7) is 1.63. The fourth-order valence-corrected chi connectivity index (χ4v) is 1.97. The predicted octanol–water partition coefficient (Wildman–Crippen LogP) is 2.37. The third-order valence-corrected chi connectivity index (χ3v) is 3.00. The Bertz CT molecular complexity index is 589. The SMILES string of the molecule is CC(NC(=O)COc1ccc(Cl)cc1Cl)c1ncn[nH]1. The quantitative estimate of drug-likeness (QED) is 0.888. The minimum atomic E-state index is -0.292. The monoisotopic (exact) mass is 314 g/mol. The lowest BCUT2D eigenvalue weighted by Crippen LogP contribution is -2.31. The van der Waals surface area contributed by atoms with Crippen molar-refractivity contribution in [3.8, 4) is 5.75 Å². The van der Waals surface area contributed by atoms with Crippen LogP contribution in [-0.4, -0.2) is 27.7 Å². The largest absolute Gasteiger partial charge is 0.482 e. The lowest BCUT2D eigenvalue weighted by atomic mass is 10.3. The van der Waals surface area contributed by atoms with Crippen molar-refractivity contribution in [1.29, 1.82) is 0 Å². The maximum absolute atomic E-state index is 11.7. The summed E-state index contributed by atoms with van der Waals surface area (Å²) in [7, 11) is 0.